The van der Waals surface area contributed by atoms with Crippen LogP contribution in [0, 0.1) is 0 Å². The average molecular weight is 408 g/mol. The highest BCUT2D eigenvalue weighted by Gasteiger charge is 2.21. The molecule has 3 rings (SSSR count). The number of hydrogen-bond donors (Lipinski definition) is 0. The van der Waals surface area contributed by atoms with Crippen LogP contribution in [0.1, 0.15) is 5.56 Å². The molecule has 1 aromatic heterocycles. The Morgan fingerprint density at radius 3 is 2.31 bits per heavy atom. The fourth-order valence-electron chi connectivity index (χ4n) is 2.56. The standard InChI is InChI=1S/C19H15Cl2NO3S/c1-25-18-7-6-17(21)9-19(18)26(23,24)12-13-8-15(11-22-10-13)14-2-4-16(20)5-3-14/h2-11H,12H2,1H3. The molecule has 0 saturated carbocycles. The first-order chi connectivity index (χ1) is 12.4. The van der Waals surface area contributed by atoms with Gasteiger partial charge in [0.15, 0.2) is 9.84 Å². The van der Waals surface area contributed by atoms with Crippen molar-refractivity contribution in [2.45, 2.75) is 10.6 Å². The van der Waals surface area contributed by atoms with Gasteiger partial charge in [-0.1, -0.05) is 35.3 Å². The van der Waals surface area contributed by atoms with Crippen molar-refractivity contribution in [3.8, 4) is 16.9 Å². The molecule has 0 atom stereocenters. The highest BCUT2D eigenvalue weighted by atomic mass is 35.5. The first-order valence-corrected chi connectivity index (χ1v) is 10.1. The molecule has 0 unspecified atom stereocenters. The van der Waals surface area contributed by atoms with Crippen LogP contribution in [0.25, 0.3) is 11.1 Å². The molecule has 0 aliphatic heterocycles. The third-order valence-corrected chi connectivity index (χ3v) is 5.98. The van der Waals surface area contributed by atoms with Crippen LogP contribution in [0.15, 0.2) is 65.8 Å². The van der Waals surface area contributed by atoms with E-state index >= 15 is 0 Å². The van der Waals surface area contributed by atoms with Crippen LogP contribution in [0.2, 0.25) is 10.0 Å². The Kier molecular flexibility index (Phi) is 5.51. The fourth-order valence-corrected chi connectivity index (χ4v) is 4.44. The van der Waals surface area contributed by atoms with Crippen LogP contribution in [-0.4, -0.2) is 20.5 Å². The molecular weight excluding hydrogens is 393 g/mol. The number of hydrogen-bond acceptors (Lipinski definition) is 4. The first kappa shape index (κ1) is 18.7. The summed E-state index contributed by atoms with van der Waals surface area (Å²) in [5, 5.41) is 0.964. The van der Waals surface area contributed by atoms with Gasteiger partial charge in [-0.25, -0.2) is 8.42 Å². The molecule has 0 radical (unpaired) electrons. The monoisotopic (exact) mass is 407 g/mol. The van der Waals surface area contributed by atoms with Gasteiger partial charge in [0.1, 0.15) is 10.6 Å². The smallest absolute Gasteiger partial charge is 0.186 e. The maximum Gasteiger partial charge on any atom is 0.186 e. The normalized spacial score (nSPS) is 11.3. The molecule has 134 valence electrons. The van der Waals surface area contributed by atoms with Crippen LogP contribution in [-0.2, 0) is 15.6 Å². The Bertz CT molecular complexity index is 1030. The highest BCUT2D eigenvalue weighted by Crippen LogP contribution is 2.30. The lowest BCUT2D eigenvalue weighted by Crippen LogP contribution is -2.07. The summed E-state index contributed by atoms with van der Waals surface area (Å²) in [4.78, 5) is 4.23. The van der Waals surface area contributed by atoms with E-state index in [0.717, 1.165) is 11.1 Å². The highest BCUT2D eigenvalue weighted by molar-refractivity contribution is 7.90. The number of rotatable bonds is 5. The van der Waals surface area contributed by atoms with E-state index in [2.05, 4.69) is 4.98 Å². The molecule has 0 aliphatic carbocycles. The summed E-state index contributed by atoms with van der Waals surface area (Å²) < 4.78 is 30.8. The molecule has 0 N–H and O–H groups in total. The van der Waals surface area contributed by atoms with Gasteiger partial charge in [0, 0.05) is 28.0 Å². The van der Waals surface area contributed by atoms with Crippen LogP contribution >= 0.6 is 23.2 Å². The van der Waals surface area contributed by atoms with Crippen molar-refractivity contribution in [1.82, 2.24) is 4.98 Å². The lowest BCUT2D eigenvalue weighted by molar-refractivity contribution is 0.402. The minimum atomic E-state index is -3.65. The van der Waals surface area contributed by atoms with Gasteiger partial charge in [-0.15, -0.1) is 0 Å². The lowest BCUT2D eigenvalue weighted by Gasteiger charge is -2.11. The number of halogens is 2. The molecule has 3 aromatic rings. The quantitative estimate of drug-likeness (QED) is 0.594. The molecule has 0 bridgehead atoms. The summed E-state index contributed by atoms with van der Waals surface area (Å²) in [7, 11) is -2.23. The summed E-state index contributed by atoms with van der Waals surface area (Å²) in [5.41, 5.74) is 2.29. The van der Waals surface area contributed by atoms with Crippen molar-refractivity contribution in [1.29, 1.82) is 0 Å². The van der Waals surface area contributed by atoms with E-state index in [1.807, 2.05) is 12.1 Å². The first-order valence-electron chi connectivity index (χ1n) is 7.65. The van der Waals surface area contributed by atoms with Crippen LogP contribution in [0.4, 0.5) is 0 Å². The molecule has 1 heterocycles. The van der Waals surface area contributed by atoms with Crippen LogP contribution in [0.5, 0.6) is 5.75 Å². The van der Waals surface area contributed by atoms with Crippen molar-refractivity contribution in [2.75, 3.05) is 7.11 Å². The van der Waals surface area contributed by atoms with Gasteiger partial charge in [-0.2, -0.15) is 0 Å². The fraction of sp³-hybridized carbons (Fsp3) is 0.105. The van der Waals surface area contributed by atoms with E-state index in [-0.39, 0.29) is 16.4 Å². The molecule has 0 amide bonds. The largest absolute Gasteiger partial charge is 0.495 e. The Hall–Kier alpha value is -2.08. The Morgan fingerprint density at radius 1 is 0.923 bits per heavy atom. The molecule has 7 heteroatoms. The van der Waals surface area contributed by atoms with Gasteiger partial charge in [-0.3, -0.25) is 4.98 Å². The zero-order chi connectivity index (χ0) is 18.7. The van der Waals surface area contributed by atoms with Crippen molar-refractivity contribution < 1.29 is 13.2 Å². The van der Waals surface area contributed by atoms with E-state index in [4.69, 9.17) is 27.9 Å². The molecule has 0 spiro atoms. The SMILES string of the molecule is COc1ccc(Cl)cc1S(=O)(=O)Cc1cncc(-c2ccc(Cl)cc2)c1. The summed E-state index contributed by atoms with van der Waals surface area (Å²) in [6, 6.07) is 13.6. The number of aromatic nitrogens is 1. The Balaban J connectivity index is 1.95. The number of methoxy groups -OCH3 is 1. The van der Waals surface area contributed by atoms with Crippen molar-refractivity contribution in [2.24, 2.45) is 0 Å². The summed E-state index contributed by atoms with van der Waals surface area (Å²) in [5.74, 6) is 0.0502. The predicted octanol–water partition coefficient (Wildman–Crippen LogP) is 5.04. The molecule has 2 aromatic carbocycles. The van der Waals surface area contributed by atoms with E-state index < -0.39 is 9.84 Å². The van der Waals surface area contributed by atoms with Gasteiger partial charge in [0.05, 0.1) is 12.9 Å². The van der Waals surface area contributed by atoms with Gasteiger partial charge < -0.3 is 4.74 Å². The predicted molar refractivity (Wildman–Crippen MR) is 104 cm³/mol. The molecule has 0 saturated heterocycles. The van der Waals surface area contributed by atoms with Gasteiger partial charge in [0.2, 0.25) is 0 Å². The van der Waals surface area contributed by atoms with E-state index in [1.165, 1.54) is 25.4 Å². The van der Waals surface area contributed by atoms with Crippen molar-refractivity contribution in [3.05, 3.63) is 76.5 Å². The number of ether oxygens (including phenoxy) is 1. The molecule has 0 fully saturated rings. The van der Waals surface area contributed by atoms with Crippen molar-refractivity contribution in [3.63, 3.8) is 0 Å². The van der Waals surface area contributed by atoms with Gasteiger partial charge >= 0.3 is 0 Å². The number of pyridine rings is 1. The summed E-state index contributed by atoms with van der Waals surface area (Å²) >= 11 is 11.9. The Labute approximate surface area is 162 Å². The minimum absolute atomic E-state index is 0.0596. The second-order valence-corrected chi connectivity index (χ2v) is 8.47. The van der Waals surface area contributed by atoms with E-state index in [9.17, 15) is 8.42 Å². The molecular formula is C19H15Cl2NO3S. The number of sulfone groups is 1. The topological polar surface area (TPSA) is 56.3 Å². The Morgan fingerprint density at radius 2 is 1.62 bits per heavy atom. The van der Waals surface area contributed by atoms with E-state index in [1.54, 1.807) is 30.5 Å². The summed E-state index contributed by atoms with van der Waals surface area (Å²) in [6.45, 7) is 0. The third kappa shape index (κ3) is 4.18. The minimum Gasteiger partial charge on any atom is -0.495 e. The maximum absolute atomic E-state index is 12.8. The van der Waals surface area contributed by atoms with E-state index in [0.29, 0.717) is 15.6 Å². The second kappa shape index (κ2) is 7.66. The molecule has 26 heavy (non-hydrogen) atoms. The molecule has 0 aliphatic rings. The van der Waals surface area contributed by atoms with Gasteiger partial charge in [0.25, 0.3) is 0 Å². The average Bonchev–Trinajstić information content (AvgIpc) is 2.62. The summed E-state index contributed by atoms with van der Waals surface area (Å²) in [6.07, 6.45) is 3.22. The maximum atomic E-state index is 12.8. The second-order valence-electron chi connectivity index (χ2n) is 5.64. The number of nitrogens with zero attached hydrogens (tertiary/aromatic N) is 1. The van der Waals surface area contributed by atoms with Gasteiger partial charge in [-0.05, 0) is 47.5 Å². The van der Waals surface area contributed by atoms with Crippen molar-refractivity contribution >= 4 is 33.0 Å². The number of benzene rings is 2. The van der Waals surface area contributed by atoms with Crippen LogP contribution < -0.4 is 4.74 Å². The van der Waals surface area contributed by atoms with Crippen LogP contribution in [0.3, 0.4) is 0 Å². The zero-order valence-electron chi connectivity index (χ0n) is 13.8. The molecule has 4 nitrogen and oxygen atoms in total. The zero-order valence-corrected chi connectivity index (χ0v) is 16.1. The third-order valence-electron chi connectivity index (χ3n) is 3.79. The lowest BCUT2D eigenvalue weighted by atomic mass is 10.1.